The number of nitrogens with one attached hydrogen (secondary N) is 1. The minimum Gasteiger partial charge on any atom is -0.465 e. The lowest BCUT2D eigenvalue weighted by Crippen LogP contribution is -2.42. The Balaban J connectivity index is 2.84. The van der Waals surface area contributed by atoms with Gasteiger partial charge in [0.1, 0.15) is 6.04 Å². The van der Waals surface area contributed by atoms with Crippen LogP contribution in [0.4, 0.5) is 0 Å². The van der Waals surface area contributed by atoms with Crippen molar-refractivity contribution in [3.63, 3.8) is 0 Å². The third-order valence-corrected chi connectivity index (χ3v) is 3.13. The molecular formula is C13H17NO5S. The van der Waals surface area contributed by atoms with Gasteiger partial charge in [-0.25, -0.2) is 13.1 Å². The molecule has 1 atom stereocenters. The standard InChI is InChI=1S/C13H17NO5S/c1-3-19-13(16)11(14-20(2,17)18)9-12(15)10-7-5-4-6-8-10/h4-8,11,14H,3,9H2,1-2H3/t11-/m0/s1. The number of carbonyl (C=O) groups excluding carboxylic acids is 2. The minimum absolute atomic E-state index is 0.111. The number of Topliss-reactive ketones (excluding diaryl/α,β-unsaturated/α-hetero) is 1. The molecule has 1 aromatic carbocycles. The maximum atomic E-state index is 12.0. The van der Waals surface area contributed by atoms with Crippen molar-refractivity contribution in [1.29, 1.82) is 0 Å². The van der Waals surface area contributed by atoms with Crippen LogP contribution < -0.4 is 4.72 Å². The molecule has 0 fully saturated rings. The van der Waals surface area contributed by atoms with E-state index in [9.17, 15) is 18.0 Å². The highest BCUT2D eigenvalue weighted by Crippen LogP contribution is 2.07. The van der Waals surface area contributed by atoms with Gasteiger partial charge >= 0.3 is 5.97 Å². The molecule has 6 nitrogen and oxygen atoms in total. The summed E-state index contributed by atoms with van der Waals surface area (Å²) in [5, 5.41) is 0. The van der Waals surface area contributed by atoms with Gasteiger partial charge in [0.15, 0.2) is 5.78 Å². The summed E-state index contributed by atoms with van der Waals surface area (Å²) in [6, 6.07) is 7.13. The van der Waals surface area contributed by atoms with E-state index in [0.717, 1.165) is 6.26 Å². The molecule has 0 radical (unpaired) electrons. The average Bonchev–Trinajstić information content (AvgIpc) is 2.37. The van der Waals surface area contributed by atoms with E-state index in [2.05, 4.69) is 4.72 Å². The first kappa shape index (κ1) is 16.3. The summed E-state index contributed by atoms with van der Waals surface area (Å²) < 4.78 is 29.4. The van der Waals surface area contributed by atoms with Crippen LogP contribution in [0, 0.1) is 0 Å². The second-order valence-corrected chi connectivity index (χ2v) is 5.97. The van der Waals surface area contributed by atoms with Crippen molar-refractivity contribution in [1.82, 2.24) is 4.72 Å². The summed E-state index contributed by atoms with van der Waals surface area (Å²) in [6.07, 6.45) is 0.641. The van der Waals surface area contributed by atoms with E-state index in [1.165, 1.54) is 0 Å². The lowest BCUT2D eigenvalue weighted by Gasteiger charge is -2.15. The highest BCUT2D eigenvalue weighted by Gasteiger charge is 2.26. The Morgan fingerprint density at radius 1 is 1.25 bits per heavy atom. The van der Waals surface area contributed by atoms with Crippen molar-refractivity contribution in [2.45, 2.75) is 19.4 Å². The third kappa shape index (κ3) is 5.50. The predicted molar refractivity (Wildman–Crippen MR) is 73.8 cm³/mol. The molecule has 1 rings (SSSR count). The van der Waals surface area contributed by atoms with Crippen LogP contribution in [-0.4, -0.2) is 39.1 Å². The summed E-state index contributed by atoms with van der Waals surface area (Å²) in [6.45, 7) is 1.72. The predicted octanol–water partition coefficient (Wildman–Crippen LogP) is 0.740. The maximum absolute atomic E-state index is 12.0. The average molecular weight is 299 g/mol. The van der Waals surface area contributed by atoms with Crippen molar-refractivity contribution in [3.8, 4) is 0 Å². The van der Waals surface area contributed by atoms with E-state index in [-0.39, 0.29) is 18.8 Å². The first-order valence-corrected chi connectivity index (χ1v) is 7.95. The quantitative estimate of drug-likeness (QED) is 0.592. The monoisotopic (exact) mass is 299 g/mol. The molecule has 0 aromatic heterocycles. The molecule has 0 saturated carbocycles. The van der Waals surface area contributed by atoms with Gasteiger partial charge in [-0.05, 0) is 6.92 Å². The zero-order chi connectivity index (χ0) is 15.2. The summed E-state index contributed by atoms with van der Waals surface area (Å²) in [4.78, 5) is 23.7. The van der Waals surface area contributed by atoms with E-state index < -0.39 is 22.0 Å². The largest absolute Gasteiger partial charge is 0.465 e. The Hall–Kier alpha value is -1.73. The van der Waals surface area contributed by atoms with Crippen LogP contribution in [0.15, 0.2) is 30.3 Å². The Morgan fingerprint density at radius 3 is 2.35 bits per heavy atom. The number of ketones is 1. The molecule has 0 aliphatic rings. The topological polar surface area (TPSA) is 89.5 Å². The number of esters is 1. The first-order valence-electron chi connectivity index (χ1n) is 6.05. The van der Waals surface area contributed by atoms with Crippen LogP contribution in [0.3, 0.4) is 0 Å². The molecule has 0 bridgehead atoms. The van der Waals surface area contributed by atoms with Gasteiger partial charge in [0.05, 0.1) is 12.9 Å². The van der Waals surface area contributed by atoms with Gasteiger partial charge in [0, 0.05) is 12.0 Å². The Kier molecular flexibility index (Phi) is 5.84. The summed E-state index contributed by atoms with van der Waals surface area (Å²) in [5.74, 6) is -1.10. The smallest absolute Gasteiger partial charge is 0.324 e. The van der Waals surface area contributed by atoms with E-state index in [4.69, 9.17) is 4.74 Å². The number of rotatable bonds is 7. The van der Waals surface area contributed by atoms with Crippen LogP contribution in [-0.2, 0) is 19.6 Å². The van der Waals surface area contributed by atoms with Crippen LogP contribution in [0.2, 0.25) is 0 Å². The fourth-order valence-corrected chi connectivity index (χ4v) is 2.30. The number of sulfonamides is 1. The number of ether oxygens (including phenoxy) is 1. The molecule has 0 unspecified atom stereocenters. The van der Waals surface area contributed by atoms with Gasteiger partial charge in [-0.2, -0.15) is 0 Å². The van der Waals surface area contributed by atoms with E-state index in [1.54, 1.807) is 37.3 Å². The molecule has 0 aliphatic heterocycles. The van der Waals surface area contributed by atoms with Crippen LogP contribution in [0.5, 0.6) is 0 Å². The van der Waals surface area contributed by atoms with E-state index in [0.29, 0.717) is 5.56 Å². The maximum Gasteiger partial charge on any atom is 0.324 e. The molecule has 20 heavy (non-hydrogen) atoms. The molecule has 0 spiro atoms. The van der Waals surface area contributed by atoms with Crippen LogP contribution in [0.25, 0.3) is 0 Å². The van der Waals surface area contributed by atoms with Gasteiger partial charge in [0.25, 0.3) is 0 Å². The Labute approximate surface area is 118 Å². The normalized spacial score (nSPS) is 12.7. The second kappa shape index (κ2) is 7.16. The number of hydrogen-bond donors (Lipinski definition) is 1. The van der Waals surface area contributed by atoms with Gasteiger partial charge in [-0.15, -0.1) is 0 Å². The van der Waals surface area contributed by atoms with Crippen LogP contribution in [0.1, 0.15) is 23.7 Å². The molecule has 110 valence electrons. The Bertz CT molecular complexity index is 568. The molecule has 1 aromatic rings. The molecule has 7 heteroatoms. The van der Waals surface area contributed by atoms with Crippen molar-refractivity contribution in [2.75, 3.05) is 12.9 Å². The highest BCUT2D eigenvalue weighted by molar-refractivity contribution is 7.88. The first-order chi connectivity index (χ1) is 9.33. The van der Waals surface area contributed by atoms with E-state index in [1.807, 2.05) is 0 Å². The fraction of sp³-hybridized carbons (Fsp3) is 0.385. The summed E-state index contributed by atoms with van der Waals surface area (Å²) in [7, 11) is -3.62. The van der Waals surface area contributed by atoms with Gasteiger partial charge < -0.3 is 4.74 Å². The zero-order valence-electron chi connectivity index (χ0n) is 11.3. The summed E-state index contributed by atoms with van der Waals surface area (Å²) in [5.41, 5.74) is 0.414. The molecule has 0 saturated heterocycles. The lowest BCUT2D eigenvalue weighted by molar-refractivity contribution is -0.145. The summed E-state index contributed by atoms with van der Waals surface area (Å²) >= 11 is 0. The number of benzene rings is 1. The third-order valence-electron chi connectivity index (χ3n) is 2.41. The fourth-order valence-electron chi connectivity index (χ4n) is 1.60. The minimum atomic E-state index is -3.62. The zero-order valence-corrected chi connectivity index (χ0v) is 12.1. The van der Waals surface area contributed by atoms with E-state index >= 15 is 0 Å². The van der Waals surface area contributed by atoms with Crippen molar-refractivity contribution in [3.05, 3.63) is 35.9 Å². The highest BCUT2D eigenvalue weighted by atomic mass is 32.2. The molecule has 1 N–H and O–H groups in total. The SMILES string of the molecule is CCOC(=O)[C@H](CC(=O)c1ccccc1)NS(C)(=O)=O. The lowest BCUT2D eigenvalue weighted by atomic mass is 10.0. The molecule has 0 aliphatic carbocycles. The molecule has 0 heterocycles. The van der Waals surface area contributed by atoms with Gasteiger partial charge in [-0.3, -0.25) is 9.59 Å². The van der Waals surface area contributed by atoms with Gasteiger partial charge in [-0.1, -0.05) is 30.3 Å². The number of hydrogen-bond acceptors (Lipinski definition) is 5. The van der Waals surface area contributed by atoms with Crippen molar-refractivity contribution < 1.29 is 22.7 Å². The number of carbonyl (C=O) groups is 2. The molecular weight excluding hydrogens is 282 g/mol. The van der Waals surface area contributed by atoms with Crippen molar-refractivity contribution >= 4 is 21.8 Å². The van der Waals surface area contributed by atoms with Crippen LogP contribution >= 0.6 is 0 Å². The second-order valence-electron chi connectivity index (χ2n) is 4.19. The Morgan fingerprint density at radius 2 is 1.85 bits per heavy atom. The van der Waals surface area contributed by atoms with Crippen molar-refractivity contribution in [2.24, 2.45) is 0 Å². The van der Waals surface area contributed by atoms with Gasteiger partial charge in [0.2, 0.25) is 10.0 Å². The molecule has 0 amide bonds.